The Bertz CT molecular complexity index is 1020. The van der Waals surface area contributed by atoms with E-state index in [1.54, 1.807) is 18.2 Å². The topological polar surface area (TPSA) is 71.1 Å². The molecule has 1 aromatic heterocycles. The molecule has 2 N–H and O–H groups in total. The van der Waals surface area contributed by atoms with Crippen molar-refractivity contribution in [2.24, 2.45) is 0 Å². The van der Waals surface area contributed by atoms with Crippen LogP contribution in [-0.2, 0) is 16.0 Å². The van der Waals surface area contributed by atoms with Crippen LogP contribution < -0.4 is 10.6 Å². The van der Waals surface area contributed by atoms with E-state index < -0.39 is 0 Å². The van der Waals surface area contributed by atoms with Crippen molar-refractivity contribution < 1.29 is 9.59 Å². The largest absolute Gasteiger partial charge is 0.347 e. The Balaban J connectivity index is 1.52. The highest BCUT2D eigenvalue weighted by Crippen LogP contribution is 2.25. The van der Waals surface area contributed by atoms with Gasteiger partial charge in [-0.05, 0) is 37.6 Å². The van der Waals surface area contributed by atoms with Crippen molar-refractivity contribution in [1.82, 2.24) is 10.3 Å². The molecule has 7 heteroatoms. The number of hydrogen-bond donors (Lipinski definition) is 2. The number of nitrogens with one attached hydrogen (secondary N) is 2. The number of anilines is 1. The molecule has 0 fully saturated rings. The number of carbonyl (C=O) groups excluding carboxylic acids is 2. The molecule has 0 aliphatic rings. The van der Waals surface area contributed by atoms with E-state index in [1.165, 1.54) is 11.3 Å². The molecule has 0 saturated carbocycles. The van der Waals surface area contributed by atoms with Crippen molar-refractivity contribution in [3.05, 3.63) is 69.7 Å². The van der Waals surface area contributed by atoms with Gasteiger partial charge in [0.25, 0.3) is 0 Å². The summed E-state index contributed by atoms with van der Waals surface area (Å²) in [4.78, 5) is 28.7. The second-order valence-electron chi connectivity index (χ2n) is 6.43. The summed E-state index contributed by atoms with van der Waals surface area (Å²) in [6.45, 7) is 3.74. The molecular weight excluding hydrogens is 394 g/mol. The third kappa shape index (κ3) is 5.18. The van der Waals surface area contributed by atoms with E-state index in [0.717, 1.165) is 21.7 Å². The Kier molecular flexibility index (Phi) is 6.44. The average molecular weight is 414 g/mol. The fourth-order valence-corrected chi connectivity index (χ4v) is 3.63. The van der Waals surface area contributed by atoms with Crippen molar-refractivity contribution in [3.63, 3.8) is 0 Å². The van der Waals surface area contributed by atoms with Crippen molar-refractivity contribution in [2.75, 3.05) is 11.9 Å². The molecule has 3 rings (SSSR count). The highest BCUT2D eigenvalue weighted by atomic mass is 35.5. The first-order chi connectivity index (χ1) is 13.4. The van der Waals surface area contributed by atoms with Gasteiger partial charge in [0, 0.05) is 21.7 Å². The highest BCUT2D eigenvalue weighted by Gasteiger charge is 2.11. The van der Waals surface area contributed by atoms with Gasteiger partial charge in [-0.15, -0.1) is 11.3 Å². The maximum Gasteiger partial charge on any atom is 0.243 e. The number of benzene rings is 2. The molecule has 0 bridgehead atoms. The van der Waals surface area contributed by atoms with Crippen LogP contribution in [0.3, 0.4) is 0 Å². The Morgan fingerprint density at radius 1 is 1.11 bits per heavy atom. The molecule has 5 nitrogen and oxygen atoms in total. The number of nitrogens with zero attached hydrogens (tertiary/aromatic N) is 1. The smallest absolute Gasteiger partial charge is 0.243 e. The molecule has 0 spiro atoms. The lowest BCUT2D eigenvalue weighted by atomic mass is 10.1. The van der Waals surface area contributed by atoms with Crippen LogP contribution in [-0.4, -0.2) is 23.3 Å². The molecule has 0 unspecified atom stereocenters. The van der Waals surface area contributed by atoms with Crippen LogP contribution in [0.4, 0.5) is 5.69 Å². The van der Waals surface area contributed by atoms with Crippen LogP contribution in [0.25, 0.3) is 10.6 Å². The number of carbonyl (C=O) groups is 2. The minimum atomic E-state index is -0.308. The first-order valence-electron chi connectivity index (χ1n) is 8.75. The fraction of sp³-hybridized carbons (Fsp3) is 0.190. The van der Waals surface area contributed by atoms with E-state index >= 15 is 0 Å². The van der Waals surface area contributed by atoms with Gasteiger partial charge >= 0.3 is 0 Å². The Hall–Kier alpha value is -2.70. The minimum absolute atomic E-state index is 0.111. The van der Waals surface area contributed by atoms with Gasteiger partial charge in [0.1, 0.15) is 5.01 Å². The van der Waals surface area contributed by atoms with E-state index in [-0.39, 0.29) is 24.8 Å². The Labute approximate surface area is 172 Å². The molecule has 2 aromatic carbocycles. The summed E-state index contributed by atoms with van der Waals surface area (Å²) < 4.78 is 0. The predicted molar refractivity (Wildman–Crippen MR) is 114 cm³/mol. The number of thiazole rings is 1. The summed E-state index contributed by atoms with van der Waals surface area (Å²) >= 11 is 7.54. The van der Waals surface area contributed by atoms with E-state index in [1.807, 2.05) is 37.4 Å². The summed E-state index contributed by atoms with van der Waals surface area (Å²) in [6, 6.07) is 13.4. The lowest BCUT2D eigenvalue weighted by Gasteiger charge is -2.10. The molecule has 28 heavy (non-hydrogen) atoms. The summed E-state index contributed by atoms with van der Waals surface area (Å²) in [5.41, 5.74) is 4.30. The number of aryl methyl sites for hydroxylation is 1. The van der Waals surface area contributed by atoms with Crippen LogP contribution in [0.5, 0.6) is 0 Å². The molecule has 0 saturated heterocycles. The summed E-state index contributed by atoms with van der Waals surface area (Å²) in [7, 11) is 0. The third-order valence-corrected chi connectivity index (χ3v) is 5.50. The third-order valence-electron chi connectivity index (χ3n) is 4.15. The van der Waals surface area contributed by atoms with Crippen LogP contribution in [0.1, 0.15) is 16.8 Å². The lowest BCUT2D eigenvalue weighted by Crippen LogP contribution is -2.34. The molecule has 0 radical (unpaired) electrons. The van der Waals surface area contributed by atoms with Crippen LogP contribution in [0, 0.1) is 13.8 Å². The van der Waals surface area contributed by atoms with Crippen LogP contribution >= 0.6 is 22.9 Å². The van der Waals surface area contributed by atoms with Gasteiger partial charge in [-0.2, -0.15) is 0 Å². The average Bonchev–Trinajstić information content (AvgIpc) is 3.12. The Morgan fingerprint density at radius 2 is 1.89 bits per heavy atom. The fourth-order valence-electron chi connectivity index (χ4n) is 2.64. The van der Waals surface area contributed by atoms with Gasteiger partial charge in [-0.3, -0.25) is 9.59 Å². The zero-order valence-corrected chi connectivity index (χ0v) is 17.2. The first-order valence-corrected chi connectivity index (χ1v) is 10.0. The van der Waals surface area contributed by atoms with Crippen LogP contribution in [0.15, 0.2) is 47.8 Å². The molecule has 144 valence electrons. The lowest BCUT2D eigenvalue weighted by molar-refractivity contribution is -0.123. The Morgan fingerprint density at radius 3 is 2.68 bits per heavy atom. The second kappa shape index (κ2) is 8.99. The maximum atomic E-state index is 12.1. The quantitative estimate of drug-likeness (QED) is 0.630. The van der Waals surface area contributed by atoms with E-state index in [0.29, 0.717) is 16.4 Å². The van der Waals surface area contributed by atoms with E-state index in [9.17, 15) is 9.59 Å². The van der Waals surface area contributed by atoms with Gasteiger partial charge in [0.2, 0.25) is 11.8 Å². The SMILES string of the molecule is Cc1cccc(-c2nc(CC(=O)NCC(=O)Nc3cccc(Cl)c3C)cs2)c1. The molecule has 0 aliphatic heterocycles. The van der Waals surface area contributed by atoms with Crippen molar-refractivity contribution in [2.45, 2.75) is 20.3 Å². The second-order valence-corrected chi connectivity index (χ2v) is 7.69. The normalized spacial score (nSPS) is 10.5. The molecule has 3 aromatic rings. The maximum absolute atomic E-state index is 12.1. The van der Waals surface area contributed by atoms with Crippen molar-refractivity contribution in [3.8, 4) is 10.6 Å². The highest BCUT2D eigenvalue weighted by molar-refractivity contribution is 7.13. The zero-order valence-electron chi connectivity index (χ0n) is 15.6. The van der Waals surface area contributed by atoms with Gasteiger partial charge in [0.15, 0.2) is 0 Å². The van der Waals surface area contributed by atoms with Gasteiger partial charge in [-0.25, -0.2) is 4.98 Å². The summed E-state index contributed by atoms with van der Waals surface area (Å²) in [6.07, 6.45) is 0.131. The van der Waals surface area contributed by atoms with E-state index in [4.69, 9.17) is 11.6 Å². The summed E-state index contributed by atoms with van der Waals surface area (Å²) in [5, 5.41) is 8.70. The van der Waals surface area contributed by atoms with Gasteiger partial charge in [-0.1, -0.05) is 41.4 Å². The number of aromatic nitrogens is 1. The van der Waals surface area contributed by atoms with E-state index in [2.05, 4.69) is 21.7 Å². The molecule has 0 atom stereocenters. The molecule has 2 amide bonds. The number of amides is 2. The number of halogens is 1. The zero-order chi connectivity index (χ0) is 20.1. The predicted octanol–water partition coefficient (Wildman–Crippen LogP) is 4.38. The molecule has 0 aliphatic carbocycles. The van der Waals surface area contributed by atoms with Gasteiger partial charge in [0.05, 0.1) is 18.7 Å². The van der Waals surface area contributed by atoms with Crippen molar-refractivity contribution in [1.29, 1.82) is 0 Å². The number of rotatable bonds is 6. The van der Waals surface area contributed by atoms with Crippen molar-refractivity contribution >= 4 is 40.4 Å². The standard InChI is InChI=1S/C21H20ClN3O2S/c1-13-5-3-6-15(9-13)21-24-16(12-28-21)10-19(26)23-11-20(27)25-18-8-4-7-17(22)14(18)2/h3-9,12H,10-11H2,1-2H3,(H,23,26)(H,25,27). The minimum Gasteiger partial charge on any atom is -0.347 e. The first kappa shape index (κ1) is 20.0. The molecule has 1 heterocycles. The van der Waals surface area contributed by atoms with Crippen LogP contribution in [0.2, 0.25) is 5.02 Å². The summed E-state index contributed by atoms with van der Waals surface area (Å²) in [5.74, 6) is -0.559. The number of hydrogen-bond acceptors (Lipinski definition) is 4. The monoisotopic (exact) mass is 413 g/mol. The molecular formula is C21H20ClN3O2S. The van der Waals surface area contributed by atoms with Gasteiger partial charge < -0.3 is 10.6 Å².